The number of aromatic amines is 1. The fourth-order valence-corrected chi connectivity index (χ4v) is 2.67. The van der Waals surface area contributed by atoms with Gasteiger partial charge >= 0.3 is 0 Å². The smallest absolute Gasteiger partial charge is 0.229 e. The van der Waals surface area contributed by atoms with Gasteiger partial charge in [0.15, 0.2) is 5.82 Å². The molecule has 0 fully saturated rings. The third-order valence-corrected chi connectivity index (χ3v) is 4.03. The van der Waals surface area contributed by atoms with Crippen LogP contribution in [0.15, 0.2) is 36.4 Å². The van der Waals surface area contributed by atoms with E-state index in [1.807, 2.05) is 43.3 Å². The maximum Gasteiger partial charge on any atom is 0.229 e. The Morgan fingerprint density at radius 3 is 2.63 bits per heavy atom. The van der Waals surface area contributed by atoms with Gasteiger partial charge in [0.25, 0.3) is 0 Å². The highest BCUT2D eigenvalue weighted by Gasteiger charge is 2.06. The van der Waals surface area contributed by atoms with Crippen LogP contribution < -0.4 is 10.6 Å². The van der Waals surface area contributed by atoms with E-state index in [1.54, 1.807) is 0 Å². The van der Waals surface area contributed by atoms with Crippen LogP contribution in [0.5, 0.6) is 0 Å². The molecule has 27 heavy (non-hydrogen) atoms. The van der Waals surface area contributed by atoms with Crippen molar-refractivity contribution < 1.29 is 0 Å². The summed E-state index contributed by atoms with van der Waals surface area (Å²) in [6.07, 6.45) is 3.68. The number of nitrogens with one attached hydrogen (secondary N) is 3. The van der Waals surface area contributed by atoms with Gasteiger partial charge in [-0.3, -0.25) is 5.10 Å². The van der Waals surface area contributed by atoms with Crippen molar-refractivity contribution in [3.63, 3.8) is 0 Å². The molecule has 0 atom stereocenters. The number of rotatable bonds is 8. The third kappa shape index (κ3) is 5.28. The molecule has 0 unspecified atom stereocenters. The lowest BCUT2D eigenvalue weighted by atomic mass is 10.1. The van der Waals surface area contributed by atoms with Crippen LogP contribution in [0, 0.1) is 18.3 Å². The average Bonchev–Trinajstić information content (AvgIpc) is 3.08. The van der Waals surface area contributed by atoms with Gasteiger partial charge in [0.1, 0.15) is 5.82 Å². The van der Waals surface area contributed by atoms with Gasteiger partial charge in [-0.05, 0) is 37.5 Å². The third-order valence-electron chi connectivity index (χ3n) is 4.03. The predicted molar refractivity (Wildman–Crippen MR) is 106 cm³/mol. The second-order valence-electron chi connectivity index (χ2n) is 6.38. The van der Waals surface area contributed by atoms with Crippen molar-refractivity contribution in [3.8, 4) is 6.07 Å². The Hall–Kier alpha value is -3.40. The molecule has 3 rings (SSSR count). The average molecular weight is 361 g/mol. The number of aromatic nitrogens is 4. The lowest BCUT2D eigenvalue weighted by Gasteiger charge is -2.09. The minimum atomic E-state index is 0.402. The first-order valence-electron chi connectivity index (χ1n) is 9.06. The maximum atomic E-state index is 8.75. The zero-order valence-electron chi connectivity index (χ0n) is 15.6. The lowest BCUT2D eigenvalue weighted by Crippen LogP contribution is -2.02. The molecular formula is C20H23N7. The zero-order chi connectivity index (χ0) is 19.1. The molecule has 1 aromatic carbocycles. The van der Waals surface area contributed by atoms with E-state index in [4.69, 9.17) is 5.26 Å². The second kappa shape index (κ2) is 8.81. The number of hydrogen-bond acceptors (Lipinski definition) is 6. The normalized spacial score (nSPS) is 10.4. The summed E-state index contributed by atoms with van der Waals surface area (Å²) in [6, 6.07) is 13.7. The fraction of sp³-hybridized carbons (Fsp3) is 0.300. The Balaban J connectivity index is 1.70. The number of hydrogen-bond donors (Lipinski definition) is 3. The molecular weight excluding hydrogens is 338 g/mol. The summed E-state index contributed by atoms with van der Waals surface area (Å²) in [7, 11) is 0. The molecule has 2 heterocycles. The number of anilines is 4. The van der Waals surface area contributed by atoms with E-state index in [1.165, 1.54) is 0 Å². The monoisotopic (exact) mass is 361 g/mol. The Labute approximate surface area is 158 Å². The molecule has 0 spiro atoms. The van der Waals surface area contributed by atoms with Crippen LogP contribution in [0.25, 0.3) is 0 Å². The van der Waals surface area contributed by atoms with E-state index in [2.05, 4.69) is 43.8 Å². The van der Waals surface area contributed by atoms with Gasteiger partial charge in [-0.1, -0.05) is 25.5 Å². The summed E-state index contributed by atoms with van der Waals surface area (Å²) < 4.78 is 0. The Kier molecular flexibility index (Phi) is 6.00. The van der Waals surface area contributed by atoms with Crippen LogP contribution in [0.3, 0.4) is 0 Å². The van der Waals surface area contributed by atoms with Crippen molar-refractivity contribution in [2.45, 2.75) is 39.5 Å². The number of benzene rings is 1. The van der Waals surface area contributed by atoms with Gasteiger partial charge in [0.05, 0.1) is 12.5 Å². The summed E-state index contributed by atoms with van der Waals surface area (Å²) >= 11 is 0. The van der Waals surface area contributed by atoms with Gasteiger partial charge in [0, 0.05) is 29.2 Å². The highest BCUT2D eigenvalue weighted by Crippen LogP contribution is 2.19. The second-order valence-corrected chi connectivity index (χ2v) is 6.38. The van der Waals surface area contributed by atoms with Crippen LogP contribution in [-0.2, 0) is 12.8 Å². The summed E-state index contributed by atoms with van der Waals surface area (Å²) in [5.74, 6) is 1.93. The highest BCUT2D eigenvalue weighted by atomic mass is 15.2. The molecule has 7 heteroatoms. The summed E-state index contributed by atoms with van der Waals surface area (Å²) in [5, 5.41) is 22.5. The molecule has 2 aromatic heterocycles. The molecule has 0 bridgehead atoms. The zero-order valence-corrected chi connectivity index (χ0v) is 15.6. The van der Waals surface area contributed by atoms with E-state index in [-0.39, 0.29) is 0 Å². The van der Waals surface area contributed by atoms with Crippen molar-refractivity contribution in [1.82, 2.24) is 20.2 Å². The van der Waals surface area contributed by atoms with Crippen molar-refractivity contribution in [3.05, 3.63) is 53.3 Å². The van der Waals surface area contributed by atoms with Crippen molar-refractivity contribution in [2.24, 2.45) is 0 Å². The van der Waals surface area contributed by atoms with Gasteiger partial charge in [-0.2, -0.15) is 15.3 Å². The SMILES string of the molecule is CCCCc1cc(Nc2cc(C)nc(Nc3ccc(CC#N)cc3)n2)n[nH]1. The molecule has 0 aliphatic heterocycles. The first kappa shape index (κ1) is 18.4. The first-order chi connectivity index (χ1) is 13.2. The maximum absolute atomic E-state index is 8.75. The Morgan fingerprint density at radius 2 is 1.89 bits per heavy atom. The van der Waals surface area contributed by atoms with Gasteiger partial charge in [-0.15, -0.1) is 0 Å². The molecule has 3 N–H and O–H groups in total. The molecule has 138 valence electrons. The number of nitrogens with zero attached hydrogens (tertiary/aromatic N) is 4. The topological polar surface area (TPSA) is 102 Å². The van der Waals surface area contributed by atoms with Gasteiger partial charge in [-0.25, -0.2) is 4.98 Å². The van der Waals surface area contributed by atoms with Gasteiger partial charge in [0.2, 0.25) is 5.95 Å². The van der Waals surface area contributed by atoms with E-state index >= 15 is 0 Å². The minimum Gasteiger partial charge on any atom is -0.324 e. The van der Waals surface area contributed by atoms with Crippen molar-refractivity contribution in [2.75, 3.05) is 10.6 Å². The molecule has 7 nitrogen and oxygen atoms in total. The largest absolute Gasteiger partial charge is 0.324 e. The molecule has 0 aliphatic rings. The molecule has 0 saturated heterocycles. The van der Waals surface area contributed by atoms with Crippen LogP contribution in [-0.4, -0.2) is 20.2 Å². The van der Waals surface area contributed by atoms with E-state index in [0.29, 0.717) is 18.2 Å². The van der Waals surface area contributed by atoms with E-state index in [9.17, 15) is 0 Å². The quantitative estimate of drug-likeness (QED) is 0.549. The van der Waals surface area contributed by atoms with E-state index in [0.717, 1.165) is 47.7 Å². The van der Waals surface area contributed by atoms with Crippen molar-refractivity contribution >= 4 is 23.3 Å². The summed E-state index contributed by atoms with van der Waals surface area (Å²) in [6.45, 7) is 4.09. The van der Waals surface area contributed by atoms with Crippen molar-refractivity contribution in [1.29, 1.82) is 5.26 Å². The summed E-state index contributed by atoms with van der Waals surface area (Å²) in [4.78, 5) is 8.95. The number of unbranched alkanes of at least 4 members (excludes halogenated alkanes) is 1. The van der Waals surface area contributed by atoms with E-state index < -0.39 is 0 Å². The molecule has 0 amide bonds. The molecule has 0 aliphatic carbocycles. The van der Waals surface area contributed by atoms with Gasteiger partial charge < -0.3 is 10.6 Å². The molecule has 3 aromatic rings. The summed E-state index contributed by atoms with van der Waals surface area (Å²) in [5.41, 5.74) is 3.81. The number of H-pyrrole nitrogens is 1. The van der Waals surface area contributed by atoms with Crippen LogP contribution in [0.2, 0.25) is 0 Å². The van der Waals surface area contributed by atoms with Crippen LogP contribution >= 0.6 is 0 Å². The predicted octanol–water partition coefficient (Wildman–Crippen LogP) is 4.40. The first-order valence-corrected chi connectivity index (χ1v) is 9.06. The minimum absolute atomic E-state index is 0.402. The Morgan fingerprint density at radius 1 is 1.07 bits per heavy atom. The highest BCUT2D eigenvalue weighted by molar-refractivity contribution is 5.58. The Bertz CT molecular complexity index is 922. The standard InChI is InChI=1S/C20H23N7/c1-3-4-5-17-13-19(27-26-17)24-18-12-14(2)22-20(25-18)23-16-8-6-15(7-9-16)10-11-21/h6-9,12-13H,3-5,10H2,1-2H3,(H3,22,23,24,25,26,27). The van der Waals surface area contributed by atoms with Crippen LogP contribution in [0.1, 0.15) is 36.7 Å². The molecule has 0 radical (unpaired) electrons. The molecule has 0 saturated carbocycles. The van der Waals surface area contributed by atoms with Crippen LogP contribution in [0.4, 0.5) is 23.3 Å². The number of aryl methyl sites for hydroxylation is 2. The lowest BCUT2D eigenvalue weighted by molar-refractivity contribution is 0.772. The fourth-order valence-electron chi connectivity index (χ4n) is 2.67. The number of nitriles is 1.